The van der Waals surface area contributed by atoms with Gasteiger partial charge in [0.25, 0.3) is 11.6 Å². The minimum atomic E-state index is -0.460. The van der Waals surface area contributed by atoms with Crippen LogP contribution in [0.2, 0.25) is 0 Å². The molecule has 0 spiro atoms. The minimum absolute atomic E-state index is 0.0736. The van der Waals surface area contributed by atoms with Gasteiger partial charge in [0.1, 0.15) is 11.5 Å². The molecule has 9 heteroatoms. The van der Waals surface area contributed by atoms with E-state index in [0.29, 0.717) is 17.2 Å². The topological polar surface area (TPSA) is 88.4 Å². The van der Waals surface area contributed by atoms with Crippen molar-refractivity contribution in [3.63, 3.8) is 0 Å². The summed E-state index contributed by atoms with van der Waals surface area (Å²) in [6.45, 7) is 1.55. The van der Waals surface area contributed by atoms with Crippen LogP contribution in [0.4, 0.5) is 20.9 Å². The lowest BCUT2D eigenvalue weighted by Gasteiger charge is -2.17. The van der Waals surface area contributed by atoms with Crippen LogP contribution >= 0.6 is 11.3 Å². The third-order valence-corrected chi connectivity index (χ3v) is 5.84. The van der Waals surface area contributed by atoms with Crippen LogP contribution in [-0.4, -0.2) is 28.9 Å². The largest absolute Gasteiger partial charge is 0.366 e. The van der Waals surface area contributed by atoms with Crippen LogP contribution in [0.1, 0.15) is 33.6 Å². The molecule has 4 rings (SSSR count). The molecule has 7 nitrogen and oxygen atoms in total. The fourth-order valence-corrected chi connectivity index (χ4v) is 4.34. The number of benzene rings is 2. The SMILES string of the molecule is O=C(Nc1ncc(Cc2cccc(F)c2)s1)c1ccc(N2CCCC2)c([N+](=O)[O-])c1. The van der Waals surface area contributed by atoms with Crippen LogP contribution in [0.15, 0.2) is 48.7 Å². The molecule has 0 atom stereocenters. The highest BCUT2D eigenvalue weighted by Crippen LogP contribution is 2.32. The lowest BCUT2D eigenvalue weighted by atomic mass is 10.1. The van der Waals surface area contributed by atoms with Gasteiger partial charge in [-0.3, -0.25) is 20.2 Å². The predicted molar refractivity (Wildman–Crippen MR) is 114 cm³/mol. The van der Waals surface area contributed by atoms with Crippen molar-refractivity contribution in [3.05, 3.63) is 80.6 Å². The second-order valence-electron chi connectivity index (χ2n) is 7.05. The number of amides is 1. The van der Waals surface area contributed by atoms with E-state index in [1.54, 1.807) is 24.4 Å². The van der Waals surface area contributed by atoms with Gasteiger partial charge < -0.3 is 4.90 Å². The standard InChI is InChI=1S/C21H19FN4O3S/c22-16-5-3-4-14(10-16)11-17-13-23-21(30-17)24-20(27)15-6-7-18(19(12-15)26(28)29)25-8-1-2-9-25/h3-7,10,12-13H,1-2,8-9,11H2,(H,23,24,27). The number of carbonyl (C=O) groups excluding carboxylic acids is 1. The van der Waals surface area contributed by atoms with Gasteiger partial charge in [-0.15, -0.1) is 11.3 Å². The fourth-order valence-electron chi connectivity index (χ4n) is 3.50. The lowest BCUT2D eigenvalue weighted by molar-refractivity contribution is -0.384. The molecule has 1 aromatic heterocycles. The van der Waals surface area contributed by atoms with Crippen LogP contribution in [0.25, 0.3) is 0 Å². The lowest BCUT2D eigenvalue weighted by Crippen LogP contribution is -2.19. The van der Waals surface area contributed by atoms with E-state index >= 15 is 0 Å². The van der Waals surface area contributed by atoms with E-state index in [1.165, 1.54) is 29.5 Å². The average molecular weight is 426 g/mol. The van der Waals surface area contributed by atoms with Crippen LogP contribution in [0, 0.1) is 15.9 Å². The van der Waals surface area contributed by atoms with Crippen LogP contribution < -0.4 is 10.2 Å². The van der Waals surface area contributed by atoms with Crippen molar-refractivity contribution in [2.75, 3.05) is 23.3 Å². The Morgan fingerprint density at radius 3 is 2.77 bits per heavy atom. The predicted octanol–water partition coefficient (Wildman–Crippen LogP) is 4.63. The first-order valence-corrected chi connectivity index (χ1v) is 10.3. The molecule has 0 bridgehead atoms. The summed E-state index contributed by atoms with van der Waals surface area (Å²) in [7, 11) is 0. The number of nitrogens with one attached hydrogen (secondary N) is 1. The summed E-state index contributed by atoms with van der Waals surface area (Å²) >= 11 is 1.28. The molecule has 1 aliphatic rings. The molecular formula is C21H19FN4O3S. The van der Waals surface area contributed by atoms with Gasteiger partial charge in [0.15, 0.2) is 5.13 Å². The molecule has 2 aromatic carbocycles. The fraction of sp³-hybridized carbons (Fsp3) is 0.238. The Morgan fingerprint density at radius 1 is 1.23 bits per heavy atom. The third-order valence-electron chi connectivity index (χ3n) is 4.92. The van der Waals surface area contributed by atoms with E-state index in [4.69, 9.17) is 0 Å². The highest BCUT2D eigenvalue weighted by Gasteiger charge is 2.24. The highest BCUT2D eigenvalue weighted by molar-refractivity contribution is 7.15. The molecule has 1 amide bonds. The number of aromatic nitrogens is 1. The number of rotatable bonds is 6. The van der Waals surface area contributed by atoms with Gasteiger partial charge in [-0.05, 0) is 42.7 Å². The average Bonchev–Trinajstić information content (AvgIpc) is 3.40. The van der Waals surface area contributed by atoms with Crippen LogP contribution in [0.3, 0.4) is 0 Å². The minimum Gasteiger partial charge on any atom is -0.366 e. The number of nitro groups is 1. The van der Waals surface area contributed by atoms with E-state index < -0.39 is 10.8 Å². The van der Waals surface area contributed by atoms with Crippen LogP contribution in [-0.2, 0) is 6.42 Å². The Labute approximate surface area is 176 Å². The molecule has 0 radical (unpaired) electrons. The summed E-state index contributed by atoms with van der Waals surface area (Å²) in [6, 6.07) is 10.8. The molecule has 3 aromatic rings. The molecule has 1 aliphatic heterocycles. The monoisotopic (exact) mass is 426 g/mol. The summed E-state index contributed by atoms with van der Waals surface area (Å²) in [5.74, 6) is -0.762. The van der Waals surface area contributed by atoms with Gasteiger partial charge in [-0.1, -0.05) is 12.1 Å². The second-order valence-corrected chi connectivity index (χ2v) is 8.16. The molecule has 30 heavy (non-hydrogen) atoms. The van der Waals surface area contributed by atoms with Gasteiger partial charge >= 0.3 is 0 Å². The molecule has 0 saturated carbocycles. The first-order valence-electron chi connectivity index (χ1n) is 9.53. The van der Waals surface area contributed by atoms with Gasteiger partial charge in [-0.25, -0.2) is 9.37 Å². The van der Waals surface area contributed by atoms with Gasteiger partial charge in [0.2, 0.25) is 0 Å². The van der Waals surface area contributed by atoms with Crippen molar-refractivity contribution in [1.29, 1.82) is 0 Å². The van der Waals surface area contributed by atoms with Crippen molar-refractivity contribution in [2.24, 2.45) is 0 Å². The summed E-state index contributed by atoms with van der Waals surface area (Å²) in [4.78, 5) is 30.7. The van der Waals surface area contributed by atoms with E-state index in [9.17, 15) is 19.3 Å². The zero-order chi connectivity index (χ0) is 21.1. The second kappa shape index (κ2) is 8.58. The molecule has 1 N–H and O–H groups in total. The maximum Gasteiger partial charge on any atom is 0.293 e. The van der Waals surface area contributed by atoms with Crippen molar-refractivity contribution in [2.45, 2.75) is 19.3 Å². The Kier molecular flexibility index (Phi) is 5.71. The van der Waals surface area contributed by atoms with Crippen molar-refractivity contribution < 1.29 is 14.1 Å². The molecule has 1 saturated heterocycles. The summed E-state index contributed by atoms with van der Waals surface area (Å²) in [5.41, 5.74) is 1.48. The van der Waals surface area contributed by atoms with E-state index in [0.717, 1.165) is 36.4 Å². The number of anilines is 2. The number of hydrogen-bond acceptors (Lipinski definition) is 6. The summed E-state index contributed by atoms with van der Waals surface area (Å²) in [5, 5.41) is 14.6. The molecular weight excluding hydrogens is 407 g/mol. The van der Waals surface area contributed by atoms with Crippen molar-refractivity contribution >= 4 is 33.8 Å². The maximum absolute atomic E-state index is 13.3. The first-order chi connectivity index (χ1) is 14.5. The number of nitrogens with zero attached hydrogens (tertiary/aromatic N) is 3. The first kappa shape index (κ1) is 20.0. The number of halogens is 1. The highest BCUT2D eigenvalue weighted by atomic mass is 32.1. The van der Waals surface area contributed by atoms with E-state index in [-0.39, 0.29) is 17.1 Å². The normalized spacial score (nSPS) is 13.4. The van der Waals surface area contributed by atoms with Crippen molar-refractivity contribution in [3.8, 4) is 0 Å². The van der Waals surface area contributed by atoms with Crippen LogP contribution in [0.5, 0.6) is 0 Å². The van der Waals surface area contributed by atoms with Gasteiger partial charge in [0.05, 0.1) is 4.92 Å². The molecule has 0 unspecified atom stereocenters. The smallest absolute Gasteiger partial charge is 0.293 e. The third kappa shape index (κ3) is 4.46. The number of thiazole rings is 1. The Morgan fingerprint density at radius 2 is 2.03 bits per heavy atom. The van der Waals surface area contributed by atoms with Gasteiger partial charge in [-0.2, -0.15) is 0 Å². The van der Waals surface area contributed by atoms with Crippen molar-refractivity contribution in [1.82, 2.24) is 4.98 Å². The van der Waals surface area contributed by atoms with E-state index in [1.807, 2.05) is 11.0 Å². The number of hydrogen-bond donors (Lipinski definition) is 1. The number of carbonyl (C=O) groups is 1. The summed E-state index contributed by atoms with van der Waals surface area (Å²) < 4.78 is 13.3. The summed E-state index contributed by atoms with van der Waals surface area (Å²) in [6.07, 6.45) is 4.13. The maximum atomic E-state index is 13.3. The Bertz CT molecular complexity index is 1100. The Balaban J connectivity index is 1.48. The molecule has 1 fully saturated rings. The van der Waals surface area contributed by atoms with E-state index in [2.05, 4.69) is 10.3 Å². The quantitative estimate of drug-likeness (QED) is 0.458. The zero-order valence-corrected chi connectivity index (χ0v) is 16.8. The molecule has 0 aliphatic carbocycles. The molecule has 154 valence electrons. The number of nitro benzene ring substituents is 1. The molecule has 2 heterocycles. The van der Waals surface area contributed by atoms with Gasteiger partial charge in [0, 0.05) is 42.2 Å². The Hall–Kier alpha value is -3.33. The zero-order valence-electron chi connectivity index (χ0n) is 16.0.